The number of nitrogens with one attached hydrogen (secondary N) is 1. The number of rotatable bonds is 7. The number of carbonyl (C=O) groups is 1. The minimum Gasteiger partial charge on any atom is -0.324 e. The van der Waals surface area contributed by atoms with Crippen LogP contribution in [-0.4, -0.2) is 30.5 Å². The van der Waals surface area contributed by atoms with Gasteiger partial charge >= 0.3 is 0 Å². The first-order valence-corrected chi connectivity index (χ1v) is 9.22. The van der Waals surface area contributed by atoms with Gasteiger partial charge in [0.05, 0.1) is 17.1 Å². The Morgan fingerprint density at radius 2 is 2.00 bits per heavy atom. The Bertz CT molecular complexity index is 911. The van der Waals surface area contributed by atoms with Gasteiger partial charge in [-0.15, -0.1) is 0 Å². The van der Waals surface area contributed by atoms with Crippen LogP contribution in [0.1, 0.15) is 37.2 Å². The maximum absolute atomic E-state index is 12.5. The van der Waals surface area contributed by atoms with Gasteiger partial charge in [-0.25, -0.2) is 9.67 Å². The molecule has 0 bridgehead atoms. The number of carbonyl (C=O) groups excluding carboxylic acids is 1. The first kappa shape index (κ1) is 18.8. The Morgan fingerprint density at radius 1 is 1.22 bits per heavy atom. The van der Waals surface area contributed by atoms with Gasteiger partial charge in [-0.3, -0.25) is 9.48 Å². The second-order valence-corrected chi connectivity index (χ2v) is 7.13. The maximum atomic E-state index is 12.5. The summed E-state index contributed by atoms with van der Waals surface area (Å²) in [6.45, 7) is 9.34. The Labute approximate surface area is 159 Å². The van der Waals surface area contributed by atoms with E-state index in [0.717, 1.165) is 34.9 Å². The van der Waals surface area contributed by atoms with Gasteiger partial charge in [0.2, 0.25) is 5.91 Å². The highest BCUT2D eigenvalue weighted by Gasteiger charge is 2.15. The molecular weight excluding hydrogens is 340 g/mol. The zero-order valence-electron chi connectivity index (χ0n) is 16.3. The molecule has 1 aromatic carbocycles. The van der Waals surface area contributed by atoms with E-state index in [-0.39, 0.29) is 5.91 Å². The smallest absolute Gasteiger partial charge is 0.224 e. The normalized spacial score (nSPS) is 11.1. The lowest BCUT2D eigenvalue weighted by molar-refractivity contribution is -0.116. The summed E-state index contributed by atoms with van der Waals surface area (Å²) in [6, 6.07) is 7.56. The molecule has 27 heavy (non-hydrogen) atoms. The van der Waals surface area contributed by atoms with Crippen LogP contribution in [-0.2, 0) is 17.8 Å². The Balaban J connectivity index is 1.67. The number of hydrogen-bond donors (Lipinski definition) is 1. The lowest BCUT2D eigenvalue weighted by Gasteiger charge is -2.11. The molecule has 0 fully saturated rings. The van der Waals surface area contributed by atoms with Crippen molar-refractivity contribution in [1.82, 2.24) is 24.5 Å². The summed E-state index contributed by atoms with van der Waals surface area (Å²) >= 11 is 0. The van der Waals surface area contributed by atoms with Crippen molar-refractivity contribution in [2.75, 3.05) is 5.32 Å². The van der Waals surface area contributed by atoms with Crippen molar-refractivity contribution in [3.05, 3.63) is 53.9 Å². The molecule has 0 aliphatic carbocycles. The van der Waals surface area contributed by atoms with Gasteiger partial charge in [-0.05, 0) is 43.9 Å². The first-order valence-electron chi connectivity index (χ1n) is 9.22. The monoisotopic (exact) mass is 366 g/mol. The molecule has 0 saturated heterocycles. The van der Waals surface area contributed by atoms with E-state index >= 15 is 0 Å². The van der Waals surface area contributed by atoms with Crippen molar-refractivity contribution in [1.29, 1.82) is 0 Å². The maximum Gasteiger partial charge on any atom is 0.224 e. The highest BCUT2D eigenvalue weighted by Crippen LogP contribution is 2.20. The molecule has 142 valence electrons. The summed E-state index contributed by atoms with van der Waals surface area (Å²) in [5.41, 5.74) is 4.83. The van der Waals surface area contributed by atoms with Crippen molar-refractivity contribution in [3.63, 3.8) is 0 Å². The van der Waals surface area contributed by atoms with Crippen LogP contribution in [0.15, 0.2) is 36.9 Å². The van der Waals surface area contributed by atoms with Crippen molar-refractivity contribution in [3.8, 4) is 5.69 Å². The fourth-order valence-corrected chi connectivity index (χ4v) is 3.18. The van der Waals surface area contributed by atoms with Crippen molar-refractivity contribution < 1.29 is 4.79 Å². The number of aromatic nitrogens is 5. The molecule has 7 nitrogen and oxygen atoms in total. The Kier molecular flexibility index (Phi) is 5.69. The van der Waals surface area contributed by atoms with Crippen LogP contribution in [0.5, 0.6) is 0 Å². The van der Waals surface area contributed by atoms with Gasteiger partial charge in [0.25, 0.3) is 0 Å². The Morgan fingerprint density at radius 3 is 2.70 bits per heavy atom. The SMILES string of the molecule is Cc1nn(CC(C)C)c(C)c1CCC(=O)Nc1ccccc1-n1cncn1. The van der Waals surface area contributed by atoms with Gasteiger partial charge in [0.1, 0.15) is 12.7 Å². The molecule has 2 heterocycles. The molecule has 1 N–H and O–H groups in total. The minimum absolute atomic E-state index is 0.0297. The van der Waals surface area contributed by atoms with Gasteiger partial charge in [-0.1, -0.05) is 26.0 Å². The van der Waals surface area contributed by atoms with E-state index in [2.05, 4.69) is 41.3 Å². The summed E-state index contributed by atoms with van der Waals surface area (Å²) < 4.78 is 3.69. The van der Waals surface area contributed by atoms with Crippen molar-refractivity contribution >= 4 is 11.6 Å². The molecule has 0 spiro atoms. The molecule has 0 radical (unpaired) electrons. The molecular formula is C20H26N6O. The van der Waals surface area contributed by atoms with Crippen LogP contribution in [0.25, 0.3) is 5.69 Å². The predicted octanol–water partition coefficient (Wildman–Crippen LogP) is 3.31. The molecule has 2 aromatic heterocycles. The van der Waals surface area contributed by atoms with Crippen LogP contribution in [0, 0.1) is 19.8 Å². The van der Waals surface area contributed by atoms with E-state index in [1.165, 1.54) is 6.33 Å². The quantitative estimate of drug-likeness (QED) is 0.696. The number of anilines is 1. The number of nitrogens with zero attached hydrogens (tertiary/aromatic N) is 5. The lowest BCUT2D eigenvalue weighted by Crippen LogP contribution is -2.15. The van der Waals surface area contributed by atoms with Crippen LogP contribution in [0.2, 0.25) is 0 Å². The zero-order valence-corrected chi connectivity index (χ0v) is 16.3. The molecule has 3 rings (SSSR count). The van der Waals surface area contributed by atoms with E-state index in [4.69, 9.17) is 0 Å². The highest BCUT2D eigenvalue weighted by molar-refractivity contribution is 5.92. The first-order chi connectivity index (χ1) is 13.0. The summed E-state index contributed by atoms with van der Waals surface area (Å²) in [5.74, 6) is 0.505. The second kappa shape index (κ2) is 8.16. The largest absolute Gasteiger partial charge is 0.324 e. The summed E-state index contributed by atoms with van der Waals surface area (Å²) in [7, 11) is 0. The predicted molar refractivity (Wildman–Crippen MR) is 105 cm³/mol. The molecule has 1 amide bonds. The van der Waals surface area contributed by atoms with Gasteiger partial charge in [0.15, 0.2) is 0 Å². The van der Waals surface area contributed by atoms with E-state index in [1.54, 1.807) is 11.0 Å². The van der Waals surface area contributed by atoms with Crippen LogP contribution in [0.4, 0.5) is 5.69 Å². The lowest BCUT2D eigenvalue weighted by atomic mass is 10.1. The molecule has 3 aromatic rings. The third-order valence-corrected chi connectivity index (χ3v) is 4.52. The van der Waals surface area contributed by atoms with E-state index in [0.29, 0.717) is 18.8 Å². The molecule has 0 atom stereocenters. The van der Waals surface area contributed by atoms with Gasteiger partial charge in [-0.2, -0.15) is 10.2 Å². The fourth-order valence-electron chi connectivity index (χ4n) is 3.18. The third-order valence-electron chi connectivity index (χ3n) is 4.52. The van der Waals surface area contributed by atoms with E-state index < -0.39 is 0 Å². The molecule has 0 saturated carbocycles. The highest BCUT2D eigenvalue weighted by atomic mass is 16.1. The number of amides is 1. The van der Waals surface area contributed by atoms with Gasteiger partial charge < -0.3 is 5.32 Å². The minimum atomic E-state index is -0.0297. The Hall–Kier alpha value is -2.96. The molecule has 7 heteroatoms. The average molecular weight is 366 g/mol. The third kappa shape index (κ3) is 4.42. The summed E-state index contributed by atoms with van der Waals surface area (Å²) in [4.78, 5) is 16.5. The molecule has 0 aliphatic rings. The average Bonchev–Trinajstić information content (AvgIpc) is 3.23. The standard InChI is InChI=1S/C20H26N6O/c1-14(2)11-25-16(4)17(15(3)24-25)9-10-20(27)23-18-7-5-6-8-19(18)26-13-21-12-22-26/h5-8,12-14H,9-11H2,1-4H3,(H,23,27). The van der Waals surface area contributed by atoms with E-state index in [9.17, 15) is 4.79 Å². The van der Waals surface area contributed by atoms with Crippen molar-refractivity contribution in [2.45, 2.75) is 47.1 Å². The number of aryl methyl sites for hydroxylation is 1. The van der Waals surface area contributed by atoms with Crippen molar-refractivity contribution in [2.24, 2.45) is 5.92 Å². The van der Waals surface area contributed by atoms with Crippen LogP contribution >= 0.6 is 0 Å². The summed E-state index contributed by atoms with van der Waals surface area (Å²) in [5, 5.41) is 11.8. The molecule has 0 unspecified atom stereocenters. The fraction of sp³-hybridized carbons (Fsp3) is 0.400. The molecule has 0 aliphatic heterocycles. The summed E-state index contributed by atoms with van der Waals surface area (Å²) in [6.07, 6.45) is 4.16. The zero-order chi connectivity index (χ0) is 19.4. The number of hydrogen-bond acceptors (Lipinski definition) is 4. The number of para-hydroxylation sites is 2. The second-order valence-electron chi connectivity index (χ2n) is 7.13. The van der Waals surface area contributed by atoms with Crippen LogP contribution in [0.3, 0.4) is 0 Å². The topological polar surface area (TPSA) is 77.6 Å². The number of benzene rings is 1. The van der Waals surface area contributed by atoms with Crippen LogP contribution < -0.4 is 5.32 Å². The van der Waals surface area contributed by atoms with E-state index in [1.807, 2.05) is 35.9 Å². The van der Waals surface area contributed by atoms with Gasteiger partial charge in [0, 0.05) is 18.7 Å².